The van der Waals surface area contributed by atoms with Gasteiger partial charge in [-0.15, -0.1) is 0 Å². The summed E-state index contributed by atoms with van der Waals surface area (Å²) in [4.78, 5) is 18.6. The molecule has 0 atom stereocenters. The fraction of sp³-hybridized carbons (Fsp3) is 0.158. The Hall–Kier alpha value is -2.95. The van der Waals surface area contributed by atoms with Crippen LogP contribution < -0.4 is 4.90 Å². The Morgan fingerprint density at radius 1 is 1.17 bits per heavy atom. The number of carbonyl (C=O) groups excluding carboxylic acids is 1. The number of aromatic nitrogens is 1. The van der Waals surface area contributed by atoms with Gasteiger partial charge < -0.3 is 10.0 Å². The molecule has 24 heavy (non-hydrogen) atoms. The van der Waals surface area contributed by atoms with Crippen LogP contribution in [-0.2, 0) is 6.42 Å². The highest BCUT2D eigenvalue weighted by Gasteiger charge is 2.27. The first kappa shape index (κ1) is 14.6. The molecule has 1 aliphatic rings. The summed E-state index contributed by atoms with van der Waals surface area (Å²) >= 11 is 0. The summed E-state index contributed by atoms with van der Waals surface area (Å²) in [5.74, 6) is -0.775. The lowest BCUT2D eigenvalue weighted by Crippen LogP contribution is -2.35. The Labute approximate surface area is 138 Å². The average Bonchev–Trinajstić information content (AvgIpc) is 2.62. The largest absolute Gasteiger partial charge is 0.505 e. The summed E-state index contributed by atoms with van der Waals surface area (Å²) in [6.45, 7) is 0.495. The maximum absolute atomic E-state index is 14.0. The van der Waals surface area contributed by atoms with E-state index in [1.165, 1.54) is 11.0 Å². The highest BCUT2D eigenvalue weighted by Crippen LogP contribution is 2.33. The van der Waals surface area contributed by atoms with Gasteiger partial charge >= 0.3 is 0 Å². The maximum Gasteiger partial charge on any atom is 0.262 e. The van der Waals surface area contributed by atoms with Gasteiger partial charge in [0.15, 0.2) is 5.75 Å². The summed E-state index contributed by atoms with van der Waals surface area (Å²) < 4.78 is 14.0. The van der Waals surface area contributed by atoms with E-state index in [1.807, 2.05) is 6.07 Å². The zero-order chi connectivity index (χ0) is 16.7. The molecule has 3 aromatic rings. The number of carbonyl (C=O) groups is 1. The molecule has 0 aliphatic carbocycles. The van der Waals surface area contributed by atoms with Crippen LogP contribution >= 0.6 is 0 Å². The highest BCUT2D eigenvalue weighted by atomic mass is 19.1. The van der Waals surface area contributed by atoms with Gasteiger partial charge in [0.25, 0.3) is 5.91 Å². The van der Waals surface area contributed by atoms with Gasteiger partial charge in [-0.25, -0.2) is 4.39 Å². The van der Waals surface area contributed by atoms with Gasteiger partial charge in [-0.2, -0.15) is 0 Å². The minimum absolute atomic E-state index is 0.137. The highest BCUT2D eigenvalue weighted by molar-refractivity contribution is 6.11. The second-order valence-corrected chi connectivity index (χ2v) is 5.83. The number of anilines is 1. The van der Waals surface area contributed by atoms with E-state index >= 15 is 0 Å². The molecule has 120 valence electrons. The van der Waals surface area contributed by atoms with E-state index in [2.05, 4.69) is 4.98 Å². The predicted molar refractivity (Wildman–Crippen MR) is 89.8 cm³/mol. The number of nitrogens with zero attached hydrogens (tertiary/aromatic N) is 2. The van der Waals surface area contributed by atoms with Crippen LogP contribution in [0.1, 0.15) is 22.3 Å². The molecule has 0 fully saturated rings. The van der Waals surface area contributed by atoms with E-state index in [9.17, 15) is 14.3 Å². The van der Waals surface area contributed by atoms with Crippen molar-refractivity contribution in [3.8, 4) is 5.75 Å². The Kier molecular flexibility index (Phi) is 3.41. The molecule has 0 radical (unpaired) electrons. The van der Waals surface area contributed by atoms with Crippen LogP contribution in [0.4, 0.5) is 10.1 Å². The Morgan fingerprint density at radius 2 is 2.04 bits per heavy atom. The molecular weight excluding hydrogens is 307 g/mol. The number of halogens is 1. The minimum atomic E-state index is -0.341. The van der Waals surface area contributed by atoms with Gasteiger partial charge in [0.05, 0.1) is 11.3 Å². The van der Waals surface area contributed by atoms with E-state index in [0.29, 0.717) is 36.2 Å². The third-order valence-electron chi connectivity index (χ3n) is 4.42. The molecule has 5 heteroatoms. The predicted octanol–water partition coefficient (Wildman–Crippen LogP) is 3.67. The summed E-state index contributed by atoms with van der Waals surface area (Å²) in [7, 11) is 0. The fourth-order valence-electron chi connectivity index (χ4n) is 3.24. The zero-order valence-corrected chi connectivity index (χ0v) is 12.9. The Morgan fingerprint density at radius 3 is 2.92 bits per heavy atom. The topological polar surface area (TPSA) is 53.4 Å². The number of benzene rings is 2. The Bertz CT molecular complexity index is 955. The second kappa shape index (κ2) is 5.60. The van der Waals surface area contributed by atoms with E-state index in [0.717, 1.165) is 5.39 Å². The zero-order valence-electron chi connectivity index (χ0n) is 12.9. The lowest BCUT2D eigenvalue weighted by atomic mass is 9.99. The first-order valence-corrected chi connectivity index (χ1v) is 7.83. The number of fused-ring (bicyclic) bond motifs is 2. The third kappa shape index (κ3) is 2.21. The van der Waals surface area contributed by atoms with Gasteiger partial charge in [0.1, 0.15) is 11.3 Å². The van der Waals surface area contributed by atoms with Gasteiger partial charge in [0.2, 0.25) is 0 Å². The van der Waals surface area contributed by atoms with Gasteiger partial charge in [0, 0.05) is 23.7 Å². The first-order chi connectivity index (χ1) is 11.7. The smallest absolute Gasteiger partial charge is 0.262 e. The van der Waals surface area contributed by atoms with Crippen LogP contribution in [-0.4, -0.2) is 22.5 Å². The summed E-state index contributed by atoms with van der Waals surface area (Å²) in [5, 5.41) is 11.2. The van der Waals surface area contributed by atoms with Crippen molar-refractivity contribution >= 4 is 22.5 Å². The van der Waals surface area contributed by atoms with Crippen LogP contribution in [0, 0.1) is 5.82 Å². The fourth-order valence-corrected chi connectivity index (χ4v) is 3.24. The molecule has 0 saturated carbocycles. The van der Waals surface area contributed by atoms with Crippen molar-refractivity contribution in [2.24, 2.45) is 0 Å². The monoisotopic (exact) mass is 322 g/mol. The van der Waals surface area contributed by atoms with Gasteiger partial charge in [-0.3, -0.25) is 9.78 Å². The molecule has 0 bridgehead atoms. The summed E-state index contributed by atoms with van der Waals surface area (Å²) in [6, 6.07) is 11.7. The SMILES string of the molecule is O=C(c1ccc2cccnc2c1O)N1CCCc2c(F)cccc21. The molecule has 1 amide bonds. The van der Waals surface area contributed by atoms with Crippen LogP contribution in [0.3, 0.4) is 0 Å². The molecule has 0 saturated heterocycles. The number of hydrogen-bond donors (Lipinski definition) is 1. The number of phenolic OH excluding ortho intramolecular Hbond substituents is 1. The van der Waals surface area contributed by atoms with Gasteiger partial charge in [-0.05, 0) is 37.1 Å². The molecule has 0 unspecified atom stereocenters. The second-order valence-electron chi connectivity index (χ2n) is 5.83. The molecule has 1 aliphatic heterocycles. The molecule has 2 heterocycles. The number of pyridine rings is 1. The Balaban J connectivity index is 1.81. The number of phenols is 1. The van der Waals surface area contributed by atoms with Crippen LogP contribution in [0.5, 0.6) is 5.75 Å². The van der Waals surface area contributed by atoms with Crippen molar-refractivity contribution in [2.75, 3.05) is 11.4 Å². The van der Waals surface area contributed by atoms with Crippen molar-refractivity contribution in [2.45, 2.75) is 12.8 Å². The van der Waals surface area contributed by atoms with E-state index in [-0.39, 0.29) is 23.0 Å². The van der Waals surface area contributed by atoms with Crippen LogP contribution in [0.15, 0.2) is 48.7 Å². The normalized spacial score (nSPS) is 13.8. The number of aromatic hydroxyl groups is 1. The lowest BCUT2D eigenvalue weighted by molar-refractivity contribution is 0.0982. The van der Waals surface area contributed by atoms with Crippen molar-refractivity contribution in [3.63, 3.8) is 0 Å². The third-order valence-corrected chi connectivity index (χ3v) is 4.42. The molecule has 2 aromatic carbocycles. The van der Waals surface area contributed by atoms with E-state index in [1.54, 1.807) is 36.5 Å². The van der Waals surface area contributed by atoms with Crippen molar-refractivity contribution in [1.82, 2.24) is 4.98 Å². The molecule has 1 N–H and O–H groups in total. The molecule has 4 nitrogen and oxygen atoms in total. The molecule has 1 aromatic heterocycles. The molecular formula is C19H15FN2O2. The lowest BCUT2D eigenvalue weighted by Gasteiger charge is -2.30. The van der Waals surface area contributed by atoms with E-state index in [4.69, 9.17) is 0 Å². The number of amides is 1. The molecule has 0 spiro atoms. The number of hydrogen-bond acceptors (Lipinski definition) is 3. The summed E-state index contributed by atoms with van der Waals surface area (Å²) in [6.07, 6.45) is 2.87. The minimum Gasteiger partial charge on any atom is -0.505 e. The standard InChI is InChI=1S/C19H15FN2O2/c20-15-6-1-7-16-13(15)5-3-11-22(16)19(24)14-9-8-12-4-2-10-21-17(12)18(14)23/h1-2,4,6-10,23H,3,5,11H2. The van der Waals surface area contributed by atoms with E-state index < -0.39 is 0 Å². The van der Waals surface area contributed by atoms with Crippen molar-refractivity contribution in [1.29, 1.82) is 0 Å². The van der Waals surface area contributed by atoms with Crippen LogP contribution in [0.25, 0.3) is 10.9 Å². The van der Waals surface area contributed by atoms with Crippen LogP contribution in [0.2, 0.25) is 0 Å². The maximum atomic E-state index is 14.0. The molecule has 4 rings (SSSR count). The number of rotatable bonds is 1. The van der Waals surface area contributed by atoms with Crippen molar-refractivity contribution < 1.29 is 14.3 Å². The van der Waals surface area contributed by atoms with Gasteiger partial charge in [-0.1, -0.05) is 18.2 Å². The first-order valence-electron chi connectivity index (χ1n) is 7.83. The average molecular weight is 322 g/mol. The summed E-state index contributed by atoms with van der Waals surface area (Å²) in [5.41, 5.74) is 1.69. The quantitative estimate of drug-likeness (QED) is 0.744. The van der Waals surface area contributed by atoms with Crippen molar-refractivity contribution in [3.05, 3.63) is 65.6 Å².